The molecule has 2 N–H and O–H groups in total. The minimum Gasteiger partial charge on any atom is -0.372 e. The average molecular weight is 199 g/mol. The number of hydrogen-bond acceptors (Lipinski definition) is 2. The van der Waals surface area contributed by atoms with Gasteiger partial charge in [-0.25, -0.2) is 0 Å². The third-order valence-corrected chi connectivity index (χ3v) is 2.89. The fourth-order valence-electron chi connectivity index (χ4n) is 2.28. The molecule has 0 radical (unpaired) electrons. The minimum absolute atomic E-state index is 0.0855. The normalized spacial score (nSPS) is 28.3. The topological polar surface area (TPSA) is 35.2 Å². The van der Waals surface area contributed by atoms with Crippen LogP contribution in [0.3, 0.4) is 0 Å². The predicted molar refractivity (Wildman–Crippen MR) is 60.2 cm³/mol. The molecule has 1 rings (SSSR count). The monoisotopic (exact) mass is 199 g/mol. The lowest BCUT2D eigenvalue weighted by Gasteiger charge is -2.22. The summed E-state index contributed by atoms with van der Waals surface area (Å²) in [6.45, 7) is 8.78. The molecule has 14 heavy (non-hydrogen) atoms. The van der Waals surface area contributed by atoms with Gasteiger partial charge in [0.1, 0.15) is 0 Å². The molecule has 2 nitrogen and oxygen atoms in total. The Balaban J connectivity index is 2.25. The maximum absolute atomic E-state index is 6.06. The number of nitrogens with two attached hydrogens (primary N) is 1. The first-order chi connectivity index (χ1) is 6.39. The molecule has 0 bridgehead atoms. The highest BCUT2D eigenvalue weighted by atomic mass is 16.5. The van der Waals surface area contributed by atoms with Gasteiger partial charge in [-0.1, -0.05) is 13.8 Å². The lowest BCUT2D eigenvalue weighted by molar-refractivity contribution is -0.0212. The van der Waals surface area contributed by atoms with Crippen LogP contribution in [0.25, 0.3) is 0 Å². The second kappa shape index (κ2) is 4.63. The minimum atomic E-state index is 0.0855. The van der Waals surface area contributed by atoms with Crippen molar-refractivity contribution in [3.63, 3.8) is 0 Å². The molecule has 84 valence electrons. The van der Waals surface area contributed by atoms with E-state index in [0.717, 1.165) is 12.8 Å². The van der Waals surface area contributed by atoms with Crippen LogP contribution in [-0.2, 0) is 4.74 Å². The molecular formula is C12H25NO. The zero-order chi connectivity index (χ0) is 10.8. The van der Waals surface area contributed by atoms with E-state index in [-0.39, 0.29) is 5.60 Å². The molecule has 1 aliphatic heterocycles. The summed E-state index contributed by atoms with van der Waals surface area (Å²) in [7, 11) is 0. The molecule has 0 saturated carbocycles. The van der Waals surface area contributed by atoms with Crippen LogP contribution in [0.15, 0.2) is 0 Å². The fraction of sp³-hybridized carbons (Fsp3) is 1.00. The molecule has 1 heterocycles. The zero-order valence-corrected chi connectivity index (χ0v) is 10.0. The number of hydrogen-bond donors (Lipinski definition) is 1. The van der Waals surface area contributed by atoms with Crippen molar-refractivity contribution >= 4 is 0 Å². The van der Waals surface area contributed by atoms with Gasteiger partial charge in [0.25, 0.3) is 0 Å². The van der Waals surface area contributed by atoms with E-state index >= 15 is 0 Å². The van der Waals surface area contributed by atoms with Crippen molar-refractivity contribution in [1.29, 1.82) is 0 Å². The lowest BCUT2D eigenvalue weighted by atomic mass is 9.98. The van der Waals surface area contributed by atoms with Gasteiger partial charge >= 0.3 is 0 Å². The molecule has 0 aromatic carbocycles. The summed E-state index contributed by atoms with van der Waals surface area (Å²) in [5.41, 5.74) is 6.15. The van der Waals surface area contributed by atoms with Crippen LogP contribution in [0.5, 0.6) is 0 Å². The van der Waals surface area contributed by atoms with E-state index in [1.807, 2.05) is 0 Å². The van der Waals surface area contributed by atoms with Crippen LogP contribution in [0.4, 0.5) is 0 Å². The van der Waals surface area contributed by atoms with Crippen molar-refractivity contribution in [2.75, 3.05) is 0 Å². The molecule has 1 fully saturated rings. The molecule has 0 aromatic heterocycles. The lowest BCUT2D eigenvalue weighted by Crippen LogP contribution is -2.29. The second-order valence-electron chi connectivity index (χ2n) is 5.66. The second-order valence-corrected chi connectivity index (χ2v) is 5.66. The van der Waals surface area contributed by atoms with Crippen molar-refractivity contribution in [1.82, 2.24) is 0 Å². The summed E-state index contributed by atoms with van der Waals surface area (Å²) in [6, 6.07) is 0.314. The van der Waals surface area contributed by atoms with Crippen molar-refractivity contribution in [2.24, 2.45) is 11.7 Å². The highest BCUT2D eigenvalue weighted by Crippen LogP contribution is 2.31. The largest absolute Gasteiger partial charge is 0.372 e. The van der Waals surface area contributed by atoms with Gasteiger partial charge in [0.05, 0.1) is 11.7 Å². The highest BCUT2D eigenvalue weighted by molar-refractivity contribution is 4.83. The summed E-state index contributed by atoms with van der Waals surface area (Å²) in [5, 5.41) is 0. The van der Waals surface area contributed by atoms with Crippen molar-refractivity contribution in [3.05, 3.63) is 0 Å². The number of ether oxygens (including phenoxy) is 1. The SMILES string of the molecule is CC(C)CC(N)CC1CCC(C)(C)O1. The van der Waals surface area contributed by atoms with Crippen molar-refractivity contribution < 1.29 is 4.74 Å². The third kappa shape index (κ3) is 3.97. The Morgan fingerprint density at radius 3 is 2.50 bits per heavy atom. The molecule has 0 aromatic rings. The summed E-state index contributed by atoms with van der Waals surface area (Å²) in [6.07, 6.45) is 4.89. The van der Waals surface area contributed by atoms with Gasteiger partial charge in [-0.3, -0.25) is 0 Å². The van der Waals surface area contributed by atoms with Gasteiger partial charge in [-0.05, 0) is 45.4 Å². The Labute approximate surface area is 88.2 Å². The quantitative estimate of drug-likeness (QED) is 0.755. The van der Waals surface area contributed by atoms with E-state index in [1.54, 1.807) is 0 Å². The molecule has 2 heteroatoms. The van der Waals surface area contributed by atoms with E-state index in [1.165, 1.54) is 12.8 Å². The Hall–Kier alpha value is -0.0800. The van der Waals surface area contributed by atoms with Crippen molar-refractivity contribution in [2.45, 2.75) is 71.1 Å². The predicted octanol–water partition coefficient (Wildman–Crippen LogP) is 2.71. The van der Waals surface area contributed by atoms with E-state index in [9.17, 15) is 0 Å². The summed E-state index contributed by atoms with van der Waals surface area (Å²) < 4.78 is 5.92. The van der Waals surface area contributed by atoms with Crippen LogP contribution in [0, 0.1) is 5.92 Å². The van der Waals surface area contributed by atoms with Gasteiger partial charge in [-0.15, -0.1) is 0 Å². The maximum atomic E-state index is 6.06. The average Bonchev–Trinajstić information content (AvgIpc) is 2.27. The third-order valence-electron chi connectivity index (χ3n) is 2.89. The van der Waals surface area contributed by atoms with Gasteiger partial charge in [-0.2, -0.15) is 0 Å². The first-order valence-electron chi connectivity index (χ1n) is 5.82. The maximum Gasteiger partial charge on any atom is 0.0631 e. The van der Waals surface area contributed by atoms with Crippen LogP contribution in [0.1, 0.15) is 53.4 Å². The first-order valence-corrected chi connectivity index (χ1v) is 5.82. The highest BCUT2D eigenvalue weighted by Gasteiger charge is 2.32. The van der Waals surface area contributed by atoms with Crippen molar-refractivity contribution in [3.8, 4) is 0 Å². The van der Waals surface area contributed by atoms with E-state index in [0.29, 0.717) is 18.1 Å². The molecule has 0 amide bonds. The van der Waals surface area contributed by atoms with Gasteiger partial charge in [0.2, 0.25) is 0 Å². The first kappa shape index (κ1) is 12.0. The van der Waals surface area contributed by atoms with E-state index < -0.39 is 0 Å². The molecule has 0 aliphatic carbocycles. The zero-order valence-electron chi connectivity index (χ0n) is 10.0. The van der Waals surface area contributed by atoms with Gasteiger partial charge in [0.15, 0.2) is 0 Å². The van der Waals surface area contributed by atoms with E-state index in [2.05, 4.69) is 27.7 Å². The Kier molecular flexibility index (Phi) is 3.96. The summed E-state index contributed by atoms with van der Waals surface area (Å²) in [5.74, 6) is 0.694. The Morgan fingerprint density at radius 2 is 2.07 bits per heavy atom. The number of rotatable bonds is 4. The molecular weight excluding hydrogens is 174 g/mol. The van der Waals surface area contributed by atoms with Gasteiger partial charge < -0.3 is 10.5 Å². The smallest absolute Gasteiger partial charge is 0.0631 e. The van der Waals surface area contributed by atoms with Crippen LogP contribution >= 0.6 is 0 Å². The van der Waals surface area contributed by atoms with E-state index in [4.69, 9.17) is 10.5 Å². The molecule has 0 spiro atoms. The van der Waals surface area contributed by atoms with Gasteiger partial charge in [0, 0.05) is 6.04 Å². The van der Waals surface area contributed by atoms with Crippen LogP contribution in [-0.4, -0.2) is 17.7 Å². The Morgan fingerprint density at radius 1 is 1.43 bits per heavy atom. The molecule has 1 saturated heterocycles. The van der Waals surface area contributed by atoms with Crippen LogP contribution in [0.2, 0.25) is 0 Å². The Bertz CT molecular complexity index is 177. The summed E-state index contributed by atoms with van der Waals surface area (Å²) >= 11 is 0. The molecule has 2 unspecified atom stereocenters. The standard InChI is InChI=1S/C12H25NO/c1-9(2)7-10(13)8-11-5-6-12(3,4)14-11/h9-11H,5-8,13H2,1-4H3. The summed E-state index contributed by atoms with van der Waals surface area (Å²) in [4.78, 5) is 0. The van der Waals surface area contributed by atoms with Crippen LogP contribution < -0.4 is 5.73 Å². The fourth-order valence-corrected chi connectivity index (χ4v) is 2.28. The molecule has 2 atom stereocenters. The molecule has 1 aliphatic rings.